The molecule has 2 heteroatoms. The van der Waals surface area contributed by atoms with Crippen molar-refractivity contribution in [1.29, 1.82) is 0 Å². The van der Waals surface area contributed by atoms with Crippen LogP contribution in [0.1, 0.15) is 37.3 Å². The third-order valence-electron chi connectivity index (χ3n) is 3.84. The Morgan fingerprint density at radius 3 is 2.70 bits per heavy atom. The molecule has 0 heterocycles. The van der Waals surface area contributed by atoms with E-state index >= 15 is 0 Å². The van der Waals surface area contributed by atoms with E-state index < -0.39 is 0 Å². The van der Waals surface area contributed by atoms with Crippen molar-refractivity contribution in [2.45, 2.75) is 45.2 Å². The Bertz CT molecular complexity index is 410. The lowest BCUT2D eigenvalue weighted by atomic mass is 10.0. The van der Waals surface area contributed by atoms with Crippen molar-refractivity contribution in [3.8, 4) is 0 Å². The number of hydrogen-bond donors (Lipinski definition) is 1. The molecule has 1 saturated carbocycles. The molecule has 2 nitrogen and oxygen atoms in total. The van der Waals surface area contributed by atoms with Gasteiger partial charge in [-0.25, -0.2) is 0 Å². The molecule has 1 aliphatic carbocycles. The Labute approximate surface area is 123 Å². The third-order valence-corrected chi connectivity index (χ3v) is 3.84. The molecule has 0 radical (unpaired) electrons. The lowest BCUT2D eigenvalue weighted by Crippen LogP contribution is -2.25. The van der Waals surface area contributed by atoms with E-state index in [-0.39, 0.29) is 0 Å². The van der Waals surface area contributed by atoms with E-state index in [0.29, 0.717) is 0 Å². The van der Waals surface area contributed by atoms with E-state index in [4.69, 9.17) is 0 Å². The zero-order chi connectivity index (χ0) is 14.2. The van der Waals surface area contributed by atoms with Gasteiger partial charge in [0.15, 0.2) is 0 Å². The molecule has 0 spiro atoms. The minimum absolute atomic E-state index is 0.805. The van der Waals surface area contributed by atoms with Crippen LogP contribution in [0.5, 0.6) is 0 Å². The molecule has 1 aromatic rings. The summed E-state index contributed by atoms with van der Waals surface area (Å²) in [5.74, 6) is 0. The van der Waals surface area contributed by atoms with Crippen LogP contribution >= 0.6 is 0 Å². The van der Waals surface area contributed by atoms with Crippen molar-refractivity contribution in [2.75, 3.05) is 19.6 Å². The lowest BCUT2D eigenvalue weighted by molar-refractivity contribution is 0.294. The maximum atomic E-state index is 3.87. The molecular weight excluding hydrogens is 244 g/mol. The summed E-state index contributed by atoms with van der Waals surface area (Å²) in [4.78, 5) is 2.47. The number of nitrogens with zero attached hydrogens (tertiary/aromatic N) is 1. The molecule has 1 aromatic carbocycles. The molecule has 0 atom stereocenters. The number of benzene rings is 1. The number of hydrogen-bond acceptors (Lipinski definition) is 2. The first-order valence-corrected chi connectivity index (χ1v) is 7.97. The first-order valence-electron chi connectivity index (χ1n) is 7.97. The van der Waals surface area contributed by atoms with Crippen LogP contribution in [0, 0.1) is 0 Å². The summed E-state index contributed by atoms with van der Waals surface area (Å²) in [5.41, 5.74) is 2.96. The molecule has 0 saturated heterocycles. The Kier molecular flexibility index (Phi) is 6.28. The molecule has 1 fully saturated rings. The average molecular weight is 272 g/mol. The van der Waals surface area contributed by atoms with Gasteiger partial charge < -0.3 is 5.32 Å². The second-order valence-electron chi connectivity index (χ2n) is 5.77. The summed E-state index contributed by atoms with van der Waals surface area (Å²) in [5, 5.41) is 3.61. The minimum atomic E-state index is 0.805. The van der Waals surface area contributed by atoms with Gasteiger partial charge in [0.2, 0.25) is 0 Å². The zero-order valence-electron chi connectivity index (χ0n) is 12.8. The van der Waals surface area contributed by atoms with E-state index in [1.54, 1.807) is 0 Å². The van der Waals surface area contributed by atoms with Crippen molar-refractivity contribution in [3.05, 3.63) is 48.0 Å². The fourth-order valence-corrected chi connectivity index (χ4v) is 2.63. The third kappa shape index (κ3) is 5.10. The van der Waals surface area contributed by atoms with Crippen LogP contribution < -0.4 is 5.32 Å². The second-order valence-corrected chi connectivity index (χ2v) is 5.77. The molecule has 1 aliphatic rings. The van der Waals surface area contributed by atoms with E-state index in [2.05, 4.69) is 48.0 Å². The fraction of sp³-hybridized carbons (Fsp3) is 0.556. The van der Waals surface area contributed by atoms with Crippen molar-refractivity contribution in [1.82, 2.24) is 10.2 Å². The SMILES string of the molecule is C=CCN(CCC)Cc1ccccc1CCNC1CC1. The molecule has 0 aromatic heterocycles. The monoisotopic (exact) mass is 272 g/mol. The summed E-state index contributed by atoms with van der Waals surface area (Å²) in [6, 6.07) is 9.68. The topological polar surface area (TPSA) is 15.3 Å². The zero-order valence-corrected chi connectivity index (χ0v) is 12.8. The molecular formula is C18H28N2. The molecule has 110 valence electrons. The van der Waals surface area contributed by atoms with Crippen LogP contribution in [-0.4, -0.2) is 30.6 Å². The highest BCUT2D eigenvalue weighted by Crippen LogP contribution is 2.19. The number of nitrogens with one attached hydrogen (secondary N) is 1. The summed E-state index contributed by atoms with van der Waals surface area (Å²) >= 11 is 0. The highest BCUT2D eigenvalue weighted by molar-refractivity contribution is 5.27. The predicted octanol–water partition coefficient (Wildman–Crippen LogP) is 3.38. The summed E-state index contributed by atoms with van der Waals surface area (Å²) in [6.07, 6.45) is 7.07. The maximum absolute atomic E-state index is 3.87. The van der Waals surface area contributed by atoms with Crippen molar-refractivity contribution >= 4 is 0 Å². The number of rotatable bonds is 10. The van der Waals surface area contributed by atoms with Gasteiger partial charge in [-0.05, 0) is 49.9 Å². The van der Waals surface area contributed by atoms with Gasteiger partial charge in [-0.3, -0.25) is 4.90 Å². The summed E-state index contributed by atoms with van der Waals surface area (Å²) in [6.45, 7) is 10.4. The lowest BCUT2D eigenvalue weighted by Gasteiger charge is -2.21. The largest absolute Gasteiger partial charge is 0.314 e. The van der Waals surface area contributed by atoms with E-state index in [0.717, 1.165) is 38.6 Å². The van der Waals surface area contributed by atoms with Gasteiger partial charge >= 0.3 is 0 Å². The molecule has 20 heavy (non-hydrogen) atoms. The summed E-state index contributed by atoms with van der Waals surface area (Å²) < 4.78 is 0. The molecule has 0 amide bonds. The Balaban J connectivity index is 1.91. The molecule has 1 N–H and O–H groups in total. The minimum Gasteiger partial charge on any atom is -0.314 e. The van der Waals surface area contributed by atoms with Crippen LogP contribution in [-0.2, 0) is 13.0 Å². The first-order chi connectivity index (χ1) is 9.83. The van der Waals surface area contributed by atoms with Gasteiger partial charge in [-0.1, -0.05) is 37.3 Å². The van der Waals surface area contributed by atoms with Crippen LogP contribution in [0.3, 0.4) is 0 Å². The average Bonchev–Trinajstić information content (AvgIpc) is 3.25. The van der Waals surface area contributed by atoms with Crippen LogP contribution in [0.2, 0.25) is 0 Å². The van der Waals surface area contributed by atoms with E-state index in [9.17, 15) is 0 Å². The quantitative estimate of drug-likeness (QED) is 0.657. The van der Waals surface area contributed by atoms with Crippen molar-refractivity contribution < 1.29 is 0 Å². The van der Waals surface area contributed by atoms with Gasteiger partial charge in [0.25, 0.3) is 0 Å². The Morgan fingerprint density at radius 2 is 2.05 bits per heavy atom. The van der Waals surface area contributed by atoms with Crippen LogP contribution in [0.15, 0.2) is 36.9 Å². The van der Waals surface area contributed by atoms with Crippen molar-refractivity contribution in [2.24, 2.45) is 0 Å². The first kappa shape index (κ1) is 15.3. The second kappa shape index (κ2) is 8.23. The normalized spacial score (nSPS) is 14.7. The molecule has 0 aliphatic heterocycles. The van der Waals surface area contributed by atoms with Gasteiger partial charge in [0, 0.05) is 19.1 Å². The van der Waals surface area contributed by atoms with Gasteiger partial charge in [0.1, 0.15) is 0 Å². The van der Waals surface area contributed by atoms with Gasteiger partial charge in [0.05, 0.1) is 0 Å². The van der Waals surface area contributed by atoms with Gasteiger partial charge in [-0.2, -0.15) is 0 Å². The highest BCUT2D eigenvalue weighted by atomic mass is 15.1. The molecule has 0 unspecified atom stereocenters. The highest BCUT2D eigenvalue weighted by Gasteiger charge is 2.19. The molecule has 0 bridgehead atoms. The van der Waals surface area contributed by atoms with Crippen LogP contribution in [0.25, 0.3) is 0 Å². The Morgan fingerprint density at radius 1 is 1.30 bits per heavy atom. The fourth-order valence-electron chi connectivity index (χ4n) is 2.63. The van der Waals surface area contributed by atoms with Crippen molar-refractivity contribution in [3.63, 3.8) is 0 Å². The van der Waals surface area contributed by atoms with E-state index in [1.807, 2.05) is 6.08 Å². The van der Waals surface area contributed by atoms with E-state index in [1.165, 1.54) is 30.4 Å². The smallest absolute Gasteiger partial charge is 0.0239 e. The van der Waals surface area contributed by atoms with Gasteiger partial charge in [-0.15, -0.1) is 6.58 Å². The standard InChI is InChI=1S/C18H28N2/c1-3-13-20(14-4-2)15-17-8-6-5-7-16(17)11-12-19-18-9-10-18/h3,5-8,18-19H,1,4,9-15H2,2H3. The maximum Gasteiger partial charge on any atom is 0.0239 e. The van der Waals surface area contributed by atoms with Crippen LogP contribution in [0.4, 0.5) is 0 Å². The predicted molar refractivity (Wildman–Crippen MR) is 86.9 cm³/mol. The molecule has 2 rings (SSSR count). The Hall–Kier alpha value is -1.12. The summed E-state index contributed by atoms with van der Waals surface area (Å²) in [7, 11) is 0.